The summed E-state index contributed by atoms with van der Waals surface area (Å²) >= 11 is 6.17. The molecule has 2 heterocycles. The number of ether oxygens (including phenoxy) is 2. The average Bonchev–Trinajstić information content (AvgIpc) is 3.46. The van der Waals surface area contributed by atoms with Crippen LogP contribution in [0.1, 0.15) is 48.1 Å². The topological polar surface area (TPSA) is 72.9 Å². The summed E-state index contributed by atoms with van der Waals surface area (Å²) in [6.07, 6.45) is 3.47. The number of Topliss-reactive ketones (excluding diaryl/α,β-unsaturated/α-hetero) is 3. The number of para-hydroxylation sites is 1. The summed E-state index contributed by atoms with van der Waals surface area (Å²) in [6, 6.07) is 20.9. The summed E-state index contributed by atoms with van der Waals surface area (Å²) in [6.45, 7) is 0. The number of methoxy groups -OCH3 is 2. The Morgan fingerprint density at radius 3 is 2.23 bits per heavy atom. The number of carbonyl (C=O) groups is 3. The molecule has 4 aromatic carbocycles. The Balaban J connectivity index is 1.58. The van der Waals surface area contributed by atoms with E-state index in [2.05, 4.69) is 0 Å². The van der Waals surface area contributed by atoms with Crippen LogP contribution in [0.3, 0.4) is 0 Å². The largest absolute Gasteiger partial charge is 0.493 e. The van der Waals surface area contributed by atoms with Crippen molar-refractivity contribution in [1.82, 2.24) is 0 Å². The molecule has 0 saturated carbocycles. The molecule has 43 heavy (non-hydrogen) atoms. The molecule has 1 spiro atoms. The fourth-order valence-corrected chi connectivity index (χ4v) is 7.36. The molecule has 0 N–H and O–H groups in total. The van der Waals surface area contributed by atoms with Gasteiger partial charge in [-0.25, -0.2) is 4.39 Å². The van der Waals surface area contributed by atoms with Crippen LogP contribution in [0, 0.1) is 11.2 Å². The van der Waals surface area contributed by atoms with Crippen molar-refractivity contribution in [2.45, 2.75) is 18.0 Å². The number of carbonyl (C=O) groups excluding carboxylic acids is 3. The van der Waals surface area contributed by atoms with Crippen molar-refractivity contribution in [3.8, 4) is 11.5 Å². The highest BCUT2D eigenvalue weighted by atomic mass is 35.5. The predicted octanol–water partition coefficient (Wildman–Crippen LogP) is 6.81. The first-order valence-corrected chi connectivity index (χ1v) is 14.2. The van der Waals surface area contributed by atoms with Gasteiger partial charge < -0.3 is 14.4 Å². The highest BCUT2D eigenvalue weighted by molar-refractivity contribution is 6.32. The number of hydrogen-bond donors (Lipinski definition) is 0. The standard InChI is InChI=1S/C35H25ClFNO5/c1-42-27-9-5-8-25(32(27)43-2)29-30(31(39)19-10-13-21(36)14-11-19)38-26-16-15-22(37)18-20(26)12-17-28(38)35(29)33(40)23-6-3-4-7-24(23)34(35)41/h3-18,28-30H,1-2H3/t28-,29-,30+/m0/s1. The predicted molar refractivity (Wildman–Crippen MR) is 161 cm³/mol. The second-order valence-electron chi connectivity index (χ2n) is 10.9. The minimum Gasteiger partial charge on any atom is -0.493 e. The van der Waals surface area contributed by atoms with Gasteiger partial charge in [0.25, 0.3) is 0 Å². The molecule has 214 valence electrons. The van der Waals surface area contributed by atoms with Gasteiger partial charge in [0.15, 0.2) is 28.8 Å². The summed E-state index contributed by atoms with van der Waals surface area (Å²) in [5.41, 5.74) is 0.782. The molecule has 3 aliphatic rings. The number of nitrogens with zero attached hydrogens (tertiary/aromatic N) is 1. The van der Waals surface area contributed by atoms with E-state index in [4.69, 9.17) is 21.1 Å². The van der Waals surface area contributed by atoms with Crippen LogP contribution in [0.5, 0.6) is 11.5 Å². The second kappa shape index (κ2) is 9.92. The summed E-state index contributed by atoms with van der Waals surface area (Å²) in [7, 11) is 2.98. The van der Waals surface area contributed by atoms with Crippen molar-refractivity contribution >= 4 is 40.7 Å². The third kappa shape index (κ3) is 3.67. The third-order valence-corrected chi connectivity index (χ3v) is 9.18. The molecule has 1 saturated heterocycles. The quantitative estimate of drug-likeness (QED) is 0.187. The van der Waals surface area contributed by atoms with Crippen LogP contribution in [0.15, 0.2) is 91.0 Å². The van der Waals surface area contributed by atoms with Crippen molar-refractivity contribution in [2.75, 3.05) is 19.1 Å². The minimum absolute atomic E-state index is 0.303. The lowest BCUT2D eigenvalue weighted by molar-refractivity contribution is 0.0664. The second-order valence-corrected chi connectivity index (χ2v) is 11.3. The highest BCUT2D eigenvalue weighted by Gasteiger charge is 2.72. The molecule has 2 aliphatic heterocycles. The van der Waals surface area contributed by atoms with Crippen molar-refractivity contribution in [2.24, 2.45) is 5.41 Å². The molecular weight excluding hydrogens is 569 g/mol. The zero-order chi connectivity index (χ0) is 30.0. The van der Waals surface area contributed by atoms with Crippen LogP contribution in [0.2, 0.25) is 5.02 Å². The Morgan fingerprint density at radius 1 is 0.884 bits per heavy atom. The van der Waals surface area contributed by atoms with E-state index in [1.807, 2.05) is 4.90 Å². The Bertz CT molecular complexity index is 1830. The van der Waals surface area contributed by atoms with Crippen molar-refractivity contribution in [3.63, 3.8) is 0 Å². The van der Waals surface area contributed by atoms with Gasteiger partial charge in [-0.05, 0) is 48.5 Å². The van der Waals surface area contributed by atoms with E-state index < -0.39 is 29.2 Å². The maximum absolute atomic E-state index is 14.8. The fourth-order valence-electron chi connectivity index (χ4n) is 7.23. The molecule has 0 amide bonds. The maximum Gasteiger partial charge on any atom is 0.185 e. The van der Waals surface area contributed by atoms with Crippen LogP contribution in [-0.4, -0.2) is 43.7 Å². The van der Waals surface area contributed by atoms with Gasteiger partial charge in [-0.15, -0.1) is 0 Å². The van der Waals surface area contributed by atoms with Crippen molar-refractivity contribution in [1.29, 1.82) is 0 Å². The first-order chi connectivity index (χ1) is 20.8. The third-order valence-electron chi connectivity index (χ3n) is 8.93. The lowest BCUT2D eigenvalue weighted by Gasteiger charge is -2.37. The lowest BCUT2D eigenvalue weighted by Crippen LogP contribution is -2.48. The monoisotopic (exact) mass is 593 g/mol. The summed E-state index contributed by atoms with van der Waals surface area (Å²) in [5, 5.41) is 0.460. The average molecular weight is 594 g/mol. The first-order valence-electron chi connectivity index (χ1n) is 13.8. The normalized spacial score (nSPS) is 21.0. The van der Waals surface area contributed by atoms with Gasteiger partial charge in [-0.1, -0.05) is 60.2 Å². The molecule has 1 fully saturated rings. The van der Waals surface area contributed by atoms with E-state index in [-0.39, 0.29) is 17.3 Å². The fraction of sp³-hybridized carbons (Fsp3) is 0.171. The number of benzene rings is 4. The van der Waals surface area contributed by atoms with E-state index in [1.54, 1.807) is 84.9 Å². The van der Waals surface area contributed by atoms with Gasteiger partial charge in [-0.2, -0.15) is 0 Å². The Labute approximate surface area is 252 Å². The van der Waals surface area contributed by atoms with Gasteiger partial charge in [0.1, 0.15) is 17.3 Å². The van der Waals surface area contributed by atoms with E-state index in [0.29, 0.717) is 50.0 Å². The van der Waals surface area contributed by atoms with Gasteiger partial charge in [0, 0.05) is 44.4 Å². The maximum atomic E-state index is 14.8. The van der Waals surface area contributed by atoms with E-state index in [0.717, 1.165) is 0 Å². The van der Waals surface area contributed by atoms with Crippen LogP contribution in [0.25, 0.3) is 6.08 Å². The smallest absolute Gasteiger partial charge is 0.185 e. The van der Waals surface area contributed by atoms with E-state index in [9.17, 15) is 18.8 Å². The molecule has 0 unspecified atom stereocenters. The van der Waals surface area contributed by atoms with Crippen LogP contribution in [0.4, 0.5) is 10.1 Å². The molecule has 0 bridgehead atoms. The molecule has 3 atom stereocenters. The molecule has 0 radical (unpaired) electrons. The van der Waals surface area contributed by atoms with Crippen molar-refractivity contribution in [3.05, 3.63) is 130 Å². The van der Waals surface area contributed by atoms with E-state index >= 15 is 0 Å². The Kier molecular flexibility index (Phi) is 6.25. The first kappa shape index (κ1) is 27.1. The van der Waals surface area contributed by atoms with Crippen LogP contribution < -0.4 is 14.4 Å². The molecule has 6 nitrogen and oxygen atoms in total. The van der Waals surface area contributed by atoms with Gasteiger partial charge >= 0.3 is 0 Å². The molecule has 1 aliphatic carbocycles. The Hall–Kier alpha value is -4.75. The summed E-state index contributed by atoms with van der Waals surface area (Å²) in [5.74, 6) is -1.81. The molecule has 4 aromatic rings. The zero-order valence-corrected chi connectivity index (χ0v) is 24.0. The number of fused-ring (bicyclic) bond motifs is 5. The van der Waals surface area contributed by atoms with Crippen LogP contribution in [-0.2, 0) is 0 Å². The number of ketones is 3. The number of anilines is 1. The summed E-state index contributed by atoms with van der Waals surface area (Å²) in [4.78, 5) is 46.2. The summed E-state index contributed by atoms with van der Waals surface area (Å²) < 4.78 is 25.9. The van der Waals surface area contributed by atoms with Crippen molar-refractivity contribution < 1.29 is 28.2 Å². The number of rotatable bonds is 5. The SMILES string of the molecule is COc1cccc([C@H]2[C@H](C(=O)c3ccc(Cl)cc3)N3c4ccc(F)cc4C=C[C@H]3C23C(=O)c2ccccc2C3=O)c1OC. The minimum atomic E-state index is -1.74. The van der Waals surface area contributed by atoms with Gasteiger partial charge in [0.05, 0.1) is 20.3 Å². The molecule has 0 aromatic heterocycles. The zero-order valence-electron chi connectivity index (χ0n) is 23.2. The van der Waals surface area contributed by atoms with Crippen LogP contribution >= 0.6 is 11.6 Å². The number of halogens is 2. The highest BCUT2D eigenvalue weighted by Crippen LogP contribution is 2.62. The van der Waals surface area contributed by atoms with E-state index in [1.165, 1.54) is 26.4 Å². The Morgan fingerprint density at radius 2 is 1.58 bits per heavy atom. The van der Waals surface area contributed by atoms with Gasteiger partial charge in [0.2, 0.25) is 0 Å². The number of hydrogen-bond acceptors (Lipinski definition) is 6. The van der Waals surface area contributed by atoms with Gasteiger partial charge in [-0.3, -0.25) is 14.4 Å². The molecular formula is C35H25ClFNO5. The molecule has 8 heteroatoms. The molecule has 7 rings (SSSR count). The lowest BCUT2D eigenvalue weighted by atomic mass is 9.64.